The summed E-state index contributed by atoms with van der Waals surface area (Å²) < 4.78 is 37.5. The van der Waals surface area contributed by atoms with Crippen LogP contribution in [0.15, 0.2) is 6.07 Å². The predicted molar refractivity (Wildman–Crippen MR) is 44.1 cm³/mol. The molecular weight excluding hydrogens is 233 g/mol. The molecular formula is C8H2ClF3N2O. The predicted octanol–water partition coefficient (Wildman–Crippen LogP) is 2.41. The van der Waals surface area contributed by atoms with E-state index in [9.17, 15) is 18.0 Å². The van der Waals surface area contributed by atoms with E-state index in [1.54, 1.807) is 0 Å². The zero-order chi connectivity index (χ0) is 11.6. The molecule has 0 aliphatic rings. The molecule has 0 aliphatic heterocycles. The molecule has 78 valence electrons. The fraction of sp³-hybridized carbons (Fsp3) is 0.125. The van der Waals surface area contributed by atoms with E-state index in [2.05, 4.69) is 4.98 Å². The second kappa shape index (κ2) is 4.28. The zero-order valence-electron chi connectivity index (χ0n) is 6.97. The van der Waals surface area contributed by atoms with Gasteiger partial charge in [0.15, 0.2) is 0 Å². The lowest BCUT2D eigenvalue weighted by atomic mass is 10.1. The van der Waals surface area contributed by atoms with Crippen molar-refractivity contribution in [2.45, 2.75) is 6.43 Å². The molecule has 1 rings (SSSR count). The van der Waals surface area contributed by atoms with Crippen molar-refractivity contribution >= 4 is 16.8 Å². The second-order valence-corrected chi connectivity index (χ2v) is 2.79. The van der Waals surface area contributed by atoms with Gasteiger partial charge in [0, 0.05) is 0 Å². The largest absolute Gasteiger partial charge is 0.274 e. The summed E-state index contributed by atoms with van der Waals surface area (Å²) in [4.78, 5) is 13.5. The highest BCUT2D eigenvalue weighted by Crippen LogP contribution is 2.25. The molecule has 0 saturated heterocycles. The van der Waals surface area contributed by atoms with Crippen LogP contribution in [0.4, 0.5) is 13.2 Å². The Bertz CT molecular complexity index is 456. The van der Waals surface area contributed by atoms with Crippen molar-refractivity contribution in [3.8, 4) is 6.07 Å². The average Bonchev–Trinajstić information content (AvgIpc) is 2.15. The van der Waals surface area contributed by atoms with E-state index in [4.69, 9.17) is 16.9 Å². The molecule has 0 unspecified atom stereocenters. The van der Waals surface area contributed by atoms with Gasteiger partial charge in [-0.3, -0.25) is 4.79 Å². The Morgan fingerprint density at radius 3 is 2.60 bits per heavy atom. The molecule has 0 bridgehead atoms. The number of hydrogen-bond acceptors (Lipinski definition) is 3. The highest BCUT2D eigenvalue weighted by molar-refractivity contribution is 6.67. The van der Waals surface area contributed by atoms with Crippen molar-refractivity contribution < 1.29 is 18.0 Å². The van der Waals surface area contributed by atoms with Crippen molar-refractivity contribution in [2.75, 3.05) is 0 Å². The molecule has 15 heavy (non-hydrogen) atoms. The van der Waals surface area contributed by atoms with E-state index in [0.717, 1.165) is 6.07 Å². The number of nitriles is 1. The van der Waals surface area contributed by atoms with Crippen LogP contribution in [0.3, 0.4) is 0 Å². The molecule has 0 spiro atoms. The minimum absolute atomic E-state index is 0.574. The van der Waals surface area contributed by atoms with Gasteiger partial charge in [-0.2, -0.15) is 9.65 Å². The molecule has 3 nitrogen and oxygen atoms in total. The third-order valence-electron chi connectivity index (χ3n) is 1.55. The smallest absolute Gasteiger partial charge is 0.270 e. The van der Waals surface area contributed by atoms with Crippen LogP contribution in [0.1, 0.15) is 28.0 Å². The van der Waals surface area contributed by atoms with Gasteiger partial charge in [0.1, 0.15) is 5.69 Å². The monoisotopic (exact) mass is 234 g/mol. The average molecular weight is 235 g/mol. The fourth-order valence-electron chi connectivity index (χ4n) is 0.925. The topological polar surface area (TPSA) is 53.8 Å². The summed E-state index contributed by atoms with van der Waals surface area (Å²) >= 11 is 4.97. The molecule has 1 heterocycles. The van der Waals surface area contributed by atoms with Crippen molar-refractivity contribution in [1.29, 1.82) is 5.26 Å². The first-order chi connectivity index (χ1) is 6.97. The quantitative estimate of drug-likeness (QED) is 0.583. The van der Waals surface area contributed by atoms with Crippen LogP contribution in [0.25, 0.3) is 0 Å². The molecule has 0 saturated carbocycles. The molecule has 1 aromatic heterocycles. The normalized spacial score (nSPS) is 10.1. The molecule has 1 aromatic rings. The Labute approximate surface area is 87.1 Å². The van der Waals surface area contributed by atoms with E-state index in [1.807, 2.05) is 0 Å². The molecule has 0 atom stereocenters. The van der Waals surface area contributed by atoms with Crippen LogP contribution >= 0.6 is 11.6 Å². The Kier molecular flexibility index (Phi) is 3.27. The summed E-state index contributed by atoms with van der Waals surface area (Å²) in [7, 11) is 0. The molecule has 0 fully saturated rings. The standard InChI is InChI=1S/C8H2ClF3N2O/c9-6(15)4-1-3(2-13)5(7(10)11)8(12)14-4/h1,7H. The second-order valence-electron chi connectivity index (χ2n) is 2.45. The number of pyridine rings is 1. The van der Waals surface area contributed by atoms with Crippen LogP contribution in [-0.4, -0.2) is 10.2 Å². The van der Waals surface area contributed by atoms with Crippen molar-refractivity contribution in [1.82, 2.24) is 4.98 Å². The number of carbonyl (C=O) groups excluding carboxylic acids is 1. The van der Waals surface area contributed by atoms with E-state index in [-0.39, 0.29) is 0 Å². The third kappa shape index (κ3) is 2.25. The third-order valence-corrected chi connectivity index (χ3v) is 1.75. The van der Waals surface area contributed by atoms with E-state index in [1.165, 1.54) is 6.07 Å². The maximum absolute atomic E-state index is 13.0. The van der Waals surface area contributed by atoms with E-state index >= 15 is 0 Å². The van der Waals surface area contributed by atoms with Gasteiger partial charge in [-0.05, 0) is 17.7 Å². The van der Waals surface area contributed by atoms with E-state index < -0.39 is 34.4 Å². The van der Waals surface area contributed by atoms with Crippen LogP contribution in [-0.2, 0) is 0 Å². The Morgan fingerprint density at radius 2 is 2.20 bits per heavy atom. The van der Waals surface area contributed by atoms with Gasteiger partial charge in [-0.1, -0.05) is 0 Å². The first kappa shape index (κ1) is 11.5. The summed E-state index contributed by atoms with van der Waals surface area (Å²) in [5, 5.41) is 7.35. The number of carbonyl (C=O) groups is 1. The molecule has 0 aromatic carbocycles. The zero-order valence-corrected chi connectivity index (χ0v) is 7.73. The molecule has 0 aliphatic carbocycles. The molecule has 0 N–H and O–H groups in total. The molecule has 7 heteroatoms. The lowest BCUT2D eigenvalue weighted by Gasteiger charge is -2.04. The van der Waals surface area contributed by atoms with Crippen molar-refractivity contribution in [3.63, 3.8) is 0 Å². The maximum atomic E-state index is 13.0. The van der Waals surface area contributed by atoms with Gasteiger partial charge in [0.25, 0.3) is 11.7 Å². The fourth-order valence-corrected chi connectivity index (χ4v) is 1.02. The summed E-state index contributed by atoms with van der Waals surface area (Å²) in [6.45, 7) is 0. The van der Waals surface area contributed by atoms with Crippen LogP contribution in [0.2, 0.25) is 0 Å². The first-order valence-electron chi connectivity index (χ1n) is 3.56. The first-order valence-corrected chi connectivity index (χ1v) is 3.93. The number of halogens is 4. The maximum Gasteiger partial charge on any atom is 0.270 e. The van der Waals surface area contributed by atoms with Gasteiger partial charge in [-0.25, -0.2) is 13.8 Å². The number of aromatic nitrogens is 1. The van der Waals surface area contributed by atoms with Crippen LogP contribution < -0.4 is 0 Å². The van der Waals surface area contributed by atoms with Gasteiger partial charge >= 0.3 is 0 Å². The molecule has 0 amide bonds. The Morgan fingerprint density at radius 1 is 1.60 bits per heavy atom. The minimum atomic E-state index is -3.17. The lowest BCUT2D eigenvalue weighted by molar-refractivity contribution is 0.107. The van der Waals surface area contributed by atoms with Gasteiger partial charge in [0.05, 0.1) is 17.2 Å². The highest BCUT2D eigenvalue weighted by atomic mass is 35.5. The highest BCUT2D eigenvalue weighted by Gasteiger charge is 2.22. The van der Waals surface area contributed by atoms with Crippen molar-refractivity contribution in [3.05, 3.63) is 28.8 Å². The summed E-state index contributed by atoms with van der Waals surface area (Å²) in [6, 6.07) is 2.06. The van der Waals surface area contributed by atoms with Crippen LogP contribution in [0.5, 0.6) is 0 Å². The van der Waals surface area contributed by atoms with Gasteiger partial charge in [0.2, 0.25) is 5.95 Å². The number of nitrogens with zero attached hydrogens (tertiary/aromatic N) is 2. The summed E-state index contributed by atoms with van der Waals surface area (Å²) in [6.07, 6.45) is -3.17. The van der Waals surface area contributed by atoms with Gasteiger partial charge < -0.3 is 0 Å². The minimum Gasteiger partial charge on any atom is -0.274 e. The summed E-state index contributed by atoms with van der Waals surface area (Å²) in [5.74, 6) is -1.56. The SMILES string of the molecule is N#Cc1cc(C(=O)Cl)nc(F)c1C(F)F. The Hall–Kier alpha value is -1.61. The lowest BCUT2D eigenvalue weighted by Crippen LogP contribution is -2.04. The van der Waals surface area contributed by atoms with E-state index in [0.29, 0.717) is 0 Å². The van der Waals surface area contributed by atoms with Crippen LogP contribution in [0, 0.1) is 17.3 Å². The summed E-state index contributed by atoms with van der Waals surface area (Å²) in [5.41, 5.74) is -2.35. The number of rotatable bonds is 2. The number of alkyl halides is 2. The Balaban J connectivity index is 3.46. The van der Waals surface area contributed by atoms with Crippen molar-refractivity contribution in [2.24, 2.45) is 0 Å². The number of hydrogen-bond donors (Lipinski definition) is 0. The molecule has 0 radical (unpaired) electrons. The van der Waals surface area contributed by atoms with Gasteiger partial charge in [-0.15, -0.1) is 0 Å².